The standard InChI is InChI=1S/C16H33BrN2O4/c1-15(2)12-14(13-16(3,4)19(15)17)18(20)6-7-22-10-11-23-9-8-21-5/h14,20H,6-13H2,1-5H3. The molecule has 1 saturated heterocycles. The molecule has 7 heteroatoms. The molecule has 0 aromatic carbocycles. The lowest BCUT2D eigenvalue weighted by Crippen LogP contribution is -2.60. The highest BCUT2D eigenvalue weighted by atomic mass is 79.9. The summed E-state index contributed by atoms with van der Waals surface area (Å²) in [6.45, 7) is 12.1. The summed E-state index contributed by atoms with van der Waals surface area (Å²) in [4.78, 5) is 0. The minimum absolute atomic E-state index is 0.0105. The van der Waals surface area contributed by atoms with E-state index in [0.717, 1.165) is 12.8 Å². The highest BCUT2D eigenvalue weighted by molar-refractivity contribution is 9.07. The van der Waals surface area contributed by atoms with Gasteiger partial charge in [0.1, 0.15) is 0 Å². The number of nitrogens with zero attached hydrogens (tertiary/aromatic N) is 2. The lowest BCUT2D eigenvalue weighted by Gasteiger charge is -2.53. The predicted octanol–water partition coefficient (Wildman–Crippen LogP) is 2.69. The maximum atomic E-state index is 10.4. The van der Waals surface area contributed by atoms with Gasteiger partial charge in [0.25, 0.3) is 0 Å². The average molecular weight is 397 g/mol. The van der Waals surface area contributed by atoms with Crippen LogP contribution in [0.4, 0.5) is 0 Å². The Bertz CT molecular complexity index is 324. The summed E-state index contributed by atoms with van der Waals surface area (Å²) in [5.41, 5.74) is -0.0209. The molecule has 0 amide bonds. The second-order valence-corrected chi connectivity index (χ2v) is 8.06. The van der Waals surface area contributed by atoms with Crippen molar-refractivity contribution < 1.29 is 19.4 Å². The van der Waals surface area contributed by atoms with E-state index in [1.54, 1.807) is 7.11 Å². The number of ether oxygens (including phenoxy) is 3. The fraction of sp³-hybridized carbons (Fsp3) is 1.00. The van der Waals surface area contributed by atoms with E-state index >= 15 is 0 Å². The molecule has 1 rings (SSSR count). The lowest BCUT2D eigenvalue weighted by molar-refractivity contribution is -0.166. The van der Waals surface area contributed by atoms with E-state index in [-0.39, 0.29) is 17.1 Å². The molecule has 0 unspecified atom stereocenters. The summed E-state index contributed by atoms with van der Waals surface area (Å²) in [6, 6.07) is 0.135. The zero-order valence-corrected chi connectivity index (χ0v) is 16.8. The van der Waals surface area contributed by atoms with Gasteiger partial charge in [-0.05, 0) is 40.5 Å². The van der Waals surface area contributed by atoms with Crippen molar-refractivity contribution in [2.45, 2.75) is 57.7 Å². The Balaban J connectivity index is 2.26. The number of hydrogen-bond donors (Lipinski definition) is 1. The summed E-state index contributed by atoms with van der Waals surface area (Å²) in [6.07, 6.45) is 1.80. The fourth-order valence-electron chi connectivity index (χ4n) is 3.22. The van der Waals surface area contributed by atoms with Gasteiger partial charge in [-0.15, -0.1) is 0 Å². The number of rotatable bonds is 10. The van der Waals surface area contributed by atoms with E-state index in [4.69, 9.17) is 14.2 Å². The van der Waals surface area contributed by atoms with Crippen LogP contribution in [0.15, 0.2) is 0 Å². The Hall–Kier alpha value is 0.240. The molecule has 0 bridgehead atoms. The lowest BCUT2D eigenvalue weighted by atomic mass is 9.79. The average Bonchev–Trinajstić information content (AvgIpc) is 2.46. The summed E-state index contributed by atoms with van der Waals surface area (Å²) in [5.74, 6) is 0. The van der Waals surface area contributed by atoms with Crippen LogP contribution in [0.5, 0.6) is 0 Å². The van der Waals surface area contributed by atoms with Crippen molar-refractivity contribution in [3.8, 4) is 0 Å². The quantitative estimate of drug-likeness (QED) is 0.348. The third kappa shape index (κ3) is 6.94. The first-order valence-corrected chi connectivity index (χ1v) is 8.98. The molecule has 0 atom stereocenters. The maximum Gasteiger partial charge on any atom is 0.0701 e. The van der Waals surface area contributed by atoms with Crippen LogP contribution in [0.1, 0.15) is 40.5 Å². The SMILES string of the molecule is COCCOCCOCCN(O)C1CC(C)(C)N(Br)C(C)(C)C1. The van der Waals surface area contributed by atoms with Crippen LogP contribution in [0, 0.1) is 0 Å². The fourth-order valence-corrected chi connectivity index (χ4v) is 3.51. The van der Waals surface area contributed by atoms with Gasteiger partial charge in [0.2, 0.25) is 0 Å². The van der Waals surface area contributed by atoms with Crippen molar-refractivity contribution in [1.82, 2.24) is 8.99 Å². The largest absolute Gasteiger partial charge is 0.382 e. The minimum Gasteiger partial charge on any atom is -0.382 e. The number of hydroxylamine groups is 2. The first-order valence-electron chi connectivity index (χ1n) is 8.27. The Kier molecular flexibility index (Phi) is 8.93. The van der Waals surface area contributed by atoms with Crippen LogP contribution in [0.2, 0.25) is 0 Å². The summed E-state index contributed by atoms with van der Waals surface area (Å²) in [5, 5.41) is 11.8. The third-order valence-corrected chi connectivity index (χ3v) is 6.14. The molecular formula is C16H33BrN2O4. The number of piperidine rings is 1. The van der Waals surface area contributed by atoms with E-state index in [0.29, 0.717) is 39.6 Å². The van der Waals surface area contributed by atoms with Crippen LogP contribution in [0.3, 0.4) is 0 Å². The van der Waals surface area contributed by atoms with E-state index < -0.39 is 0 Å². The highest BCUT2D eigenvalue weighted by Gasteiger charge is 2.45. The zero-order valence-electron chi connectivity index (χ0n) is 15.2. The molecular weight excluding hydrogens is 364 g/mol. The molecule has 0 aromatic heterocycles. The molecule has 1 N–H and O–H groups in total. The van der Waals surface area contributed by atoms with Crippen molar-refractivity contribution in [3.05, 3.63) is 0 Å². The van der Waals surface area contributed by atoms with Crippen molar-refractivity contribution in [3.63, 3.8) is 0 Å². The molecule has 1 fully saturated rings. The maximum absolute atomic E-state index is 10.4. The monoisotopic (exact) mass is 396 g/mol. The van der Waals surface area contributed by atoms with E-state index in [9.17, 15) is 5.21 Å². The molecule has 23 heavy (non-hydrogen) atoms. The van der Waals surface area contributed by atoms with Gasteiger partial charge in [-0.1, -0.05) is 0 Å². The van der Waals surface area contributed by atoms with Crippen molar-refractivity contribution in [1.29, 1.82) is 0 Å². The van der Waals surface area contributed by atoms with Gasteiger partial charge in [-0.25, -0.2) is 3.93 Å². The first-order chi connectivity index (χ1) is 10.7. The van der Waals surface area contributed by atoms with Gasteiger partial charge in [-0.2, -0.15) is 5.06 Å². The number of methoxy groups -OCH3 is 1. The van der Waals surface area contributed by atoms with Crippen molar-refractivity contribution >= 4 is 16.1 Å². The van der Waals surface area contributed by atoms with Gasteiger partial charge in [0.15, 0.2) is 0 Å². The molecule has 0 aliphatic carbocycles. The summed E-state index contributed by atoms with van der Waals surface area (Å²) < 4.78 is 18.0. The van der Waals surface area contributed by atoms with Gasteiger partial charge in [0.05, 0.1) is 33.0 Å². The first kappa shape index (κ1) is 21.3. The van der Waals surface area contributed by atoms with E-state index in [2.05, 4.69) is 47.8 Å². The van der Waals surface area contributed by atoms with Crippen molar-refractivity contribution in [2.75, 3.05) is 46.7 Å². The van der Waals surface area contributed by atoms with Crippen LogP contribution < -0.4 is 0 Å². The van der Waals surface area contributed by atoms with Crippen LogP contribution in [0.25, 0.3) is 0 Å². The van der Waals surface area contributed by atoms with Gasteiger partial charge >= 0.3 is 0 Å². The number of hydrogen-bond acceptors (Lipinski definition) is 6. The Morgan fingerprint density at radius 2 is 1.48 bits per heavy atom. The summed E-state index contributed by atoms with van der Waals surface area (Å²) >= 11 is 3.69. The van der Waals surface area contributed by atoms with Crippen LogP contribution in [-0.2, 0) is 14.2 Å². The zero-order chi connectivity index (χ0) is 17.5. The molecule has 1 heterocycles. The smallest absolute Gasteiger partial charge is 0.0701 e. The van der Waals surface area contributed by atoms with Gasteiger partial charge in [0, 0.05) is 46.9 Å². The van der Waals surface area contributed by atoms with Crippen LogP contribution in [-0.4, -0.2) is 78.0 Å². The van der Waals surface area contributed by atoms with Gasteiger partial charge in [-0.3, -0.25) is 0 Å². The molecule has 0 saturated carbocycles. The second-order valence-electron chi connectivity index (χ2n) is 7.35. The third-order valence-electron chi connectivity index (χ3n) is 4.22. The topological polar surface area (TPSA) is 54.4 Å². The normalized spacial score (nSPS) is 21.9. The molecule has 1 aliphatic rings. The van der Waals surface area contributed by atoms with E-state index in [1.807, 2.05) is 0 Å². The second kappa shape index (κ2) is 9.65. The van der Waals surface area contributed by atoms with Crippen LogP contribution >= 0.6 is 16.1 Å². The Morgan fingerprint density at radius 3 is 2.00 bits per heavy atom. The van der Waals surface area contributed by atoms with E-state index in [1.165, 1.54) is 5.06 Å². The molecule has 138 valence electrons. The minimum atomic E-state index is -0.0105. The molecule has 0 radical (unpaired) electrons. The molecule has 0 aromatic rings. The van der Waals surface area contributed by atoms with Crippen molar-refractivity contribution in [2.24, 2.45) is 0 Å². The van der Waals surface area contributed by atoms with Gasteiger partial charge < -0.3 is 19.4 Å². The summed E-state index contributed by atoms with van der Waals surface area (Å²) in [7, 11) is 1.65. The molecule has 6 nitrogen and oxygen atoms in total. The molecule has 1 aliphatic heterocycles. The highest BCUT2D eigenvalue weighted by Crippen LogP contribution is 2.42. The Labute approximate surface area is 149 Å². The molecule has 0 spiro atoms. The number of halogens is 1. The Morgan fingerprint density at radius 1 is 1.00 bits per heavy atom. The predicted molar refractivity (Wildman–Crippen MR) is 94.0 cm³/mol.